The third kappa shape index (κ3) is 18.0. The summed E-state index contributed by atoms with van der Waals surface area (Å²) >= 11 is 0. The van der Waals surface area contributed by atoms with Crippen LogP contribution in [0, 0.1) is 0 Å². The molecule has 0 N–H and O–H groups in total. The van der Waals surface area contributed by atoms with Crippen molar-refractivity contribution in [1.82, 2.24) is 9.13 Å². The Kier molecular flexibility index (Phi) is 25.3. The number of carbonyl (C=O) groups excluding carboxylic acids is 1. The number of carbonyl (C=O) groups is 1. The van der Waals surface area contributed by atoms with Gasteiger partial charge in [0.05, 0.1) is 61.0 Å². The van der Waals surface area contributed by atoms with Crippen molar-refractivity contribution < 1.29 is 40.0 Å². The van der Waals surface area contributed by atoms with Gasteiger partial charge in [0.1, 0.15) is 6.29 Å². The van der Waals surface area contributed by atoms with Crippen molar-refractivity contribution in [2.45, 2.75) is 52.4 Å². The number of aromatic nitrogens is 2. The second-order valence-electron chi connectivity index (χ2n) is 26.5. The van der Waals surface area contributed by atoms with Crippen LogP contribution < -0.4 is 31.8 Å². The maximum absolute atomic E-state index is 13.6. The molecule has 0 amide bonds. The van der Waals surface area contributed by atoms with Crippen molar-refractivity contribution in [2.75, 3.05) is 26.4 Å². The number of hydrogen-bond donors (Lipinski definition) is 0. The predicted octanol–water partition coefficient (Wildman–Crippen LogP) is 21.0. The molecule has 1 saturated heterocycles. The van der Waals surface area contributed by atoms with E-state index in [2.05, 4.69) is 209 Å². The smallest absolute Gasteiger partial charge is 0.335 e. The van der Waals surface area contributed by atoms with E-state index in [0.29, 0.717) is 5.56 Å². The number of para-hydroxylation sites is 4. The number of hydrogen-bond acceptors (Lipinski definition) is 9. The molecule has 558 valence electrons. The first kappa shape index (κ1) is 77.7. The lowest BCUT2D eigenvalue weighted by atomic mass is 10.1. The summed E-state index contributed by atoms with van der Waals surface area (Å²) in [7, 11) is -11.9. The van der Waals surface area contributed by atoms with Crippen molar-refractivity contribution in [2.24, 2.45) is 0 Å². The van der Waals surface area contributed by atoms with E-state index in [9.17, 15) is 26.2 Å². The van der Waals surface area contributed by atoms with Crippen LogP contribution in [0.25, 0.3) is 67.1 Å². The van der Waals surface area contributed by atoms with Crippen molar-refractivity contribution in [1.29, 1.82) is 0 Å². The van der Waals surface area contributed by atoms with Gasteiger partial charge in [0, 0.05) is 51.7 Å². The first-order chi connectivity index (χ1) is 54.8. The number of ether oxygens (including phenoxy) is 1. The molecule has 2 aromatic heterocycles. The molecule has 0 bridgehead atoms. The summed E-state index contributed by atoms with van der Waals surface area (Å²) in [5.41, 5.74) is 9.52. The molecule has 0 aliphatic carbocycles. The molecule has 1 aliphatic heterocycles. The highest BCUT2D eigenvalue weighted by molar-refractivity contribution is 7.91. The fraction of sp³-hybridized carbons (Fsp3) is 0.0938. The average Bonchev–Trinajstić information content (AvgIpc) is 1.59. The van der Waals surface area contributed by atoms with Gasteiger partial charge in [0.15, 0.2) is 0 Å². The first-order valence-corrected chi connectivity index (χ1v) is 44.6. The van der Waals surface area contributed by atoms with E-state index >= 15 is 0 Å². The van der Waals surface area contributed by atoms with E-state index in [1.165, 1.54) is 67.6 Å². The molecule has 0 radical (unpaired) electrons. The van der Waals surface area contributed by atoms with Crippen LogP contribution in [0.1, 0.15) is 53.7 Å². The highest BCUT2D eigenvalue weighted by atomic mass is 32.2. The second kappa shape index (κ2) is 36.4. The molecule has 3 heterocycles. The molecule has 1 fully saturated rings. The molecule has 16 aromatic rings. The summed E-state index contributed by atoms with van der Waals surface area (Å²) in [6, 6.07) is 120. The molecular weight excluding hydrogens is 1480 g/mol. The van der Waals surface area contributed by atoms with Crippen molar-refractivity contribution in [3.05, 3.63) is 386 Å². The van der Waals surface area contributed by atoms with Crippen LogP contribution in [0.15, 0.2) is 384 Å². The Labute approximate surface area is 658 Å². The van der Waals surface area contributed by atoms with Crippen LogP contribution in [0.3, 0.4) is 0 Å². The SMILES string of the molecule is C1CCOC1.CCOP(=O)(Cc1ccc(S(=O)(=O)c2ccc(-n3c4ccccc4c4ccccc43)cc2)cc1)OCC.O=Cc1ccc(P(c2ccccc2)c2ccccc2)cc1.O=S(=O)(c1ccc(/C=C/c2ccc(P(c3ccccc3)c3ccccc3)cc2)cc1)c1ccc(-n2c3ccccc3c3ccccc32)cc1. The zero-order valence-electron chi connectivity index (χ0n) is 62.0. The fourth-order valence-corrected chi connectivity index (χ4v) is 22.6. The van der Waals surface area contributed by atoms with Crippen LogP contribution in [-0.2, 0) is 44.2 Å². The zero-order valence-corrected chi connectivity index (χ0v) is 66.4. The van der Waals surface area contributed by atoms with Crippen LogP contribution >= 0.6 is 23.4 Å². The Bertz CT molecular complexity index is 5950. The number of fused-ring (bicyclic) bond motifs is 6. The number of aldehydes is 1. The van der Waals surface area contributed by atoms with Crippen molar-refractivity contribution in [3.8, 4) is 11.4 Å². The molecule has 0 saturated carbocycles. The van der Waals surface area contributed by atoms with E-state index in [1.807, 2.05) is 115 Å². The Hall–Kier alpha value is -11.0. The highest BCUT2D eigenvalue weighted by Gasteiger charge is 2.26. The van der Waals surface area contributed by atoms with Gasteiger partial charge < -0.3 is 22.9 Å². The molecule has 0 spiro atoms. The lowest BCUT2D eigenvalue weighted by molar-refractivity contribution is 0.112. The second-order valence-corrected chi connectivity index (χ2v) is 36.9. The number of nitrogens with zero attached hydrogens (tertiary/aromatic N) is 2. The largest absolute Gasteiger partial charge is 0.381 e. The fourth-order valence-electron chi connectivity index (χ4n) is 13.8. The van der Waals surface area contributed by atoms with Gasteiger partial charge in [0.2, 0.25) is 19.7 Å². The Morgan fingerprint density at radius 1 is 0.339 bits per heavy atom. The zero-order chi connectivity index (χ0) is 77.3. The standard InChI is InChI=1S/C44H32NO2PS.C29H28NO5PS.C19H15OP.C4H8O/c46-49(47,40-31-25-35(26-32-40)45-43-17-9-7-15-41(43)42-16-8-10-18-44(42)45)39-29-23-34(24-30-39)20-19-33-21-27-38(28-22-33)48(36-11-3-1-4-12-36)37-13-5-2-6-14-37;1-3-34-36(31,35-4-2)21-22-13-17-24(18-14-22)37(32,33)25-19-15-23(16-20-25)30-28-11-7-5-9-26(28)27-10-6-8-12-29(27)30;20-15-16-11-13-19(14-12-16)21(17-7-3-1-4-8-17)18-9-5-2-6-10-18;1-2-4-5-3-1/h1-32H;5-20H,3-4,21H2,1-2H3;1-15H;1-4H2/b20-19+;;;. The van der Waals surface area contributed by atoms with Gasteiger partial charge in [-0.3, -0.25) is 9.36 Å². The molecule has 112 heavy (non-hydrogen) atoms. The van der Waals surface area contributed by atoms with Crippen LogP contribution in [0.2, 0.25) is 0 Å². The minimum Gasteiger partial charge on any atom is -0.381 e. The van der Waals surface area contributed by atoms with Gasteiger partial charge in [-0.05, 0) is 188 Å². The molecule has 14 aromatic carbocycles. The predicted molar refractivity (Wildman–Crippen MR) is 465 cm³/mol. The summed E-state index contributed by atoms with van der Waals surface area (Å²) in [6.45, 7) is 6.06. The van der Waals surface area contributed by atoms with E-state index in [4.69, 9.17) is 13.8 Å². The van der Waals surface area contributed by atoms with E-state index in [1.54, 1.807) is 62.4 Å². The number of rotatable bonds is 21. The van der Waals surface area contributed by atoms with Crippen LogP contribution in [-0.4, -0.2) is 58.7 Å². The third-order valence-corrected chi connectivity index (χ3v) is 29.7. The lowest BCUT2D eigenvalue weighted by Gasteiger charge is -2.19. The summed E-state index contributed by atoms with van der Waals surface area (Å²) in [5.74, 6) is 0. The maximum atomic E-state index is 13.6. The molecule has 1 aliphatic rings. The van der Waals surface area contributed by atoms with Crippen molar-refractivity contribution >= 4 is 137 Å². The topological polar surface area (TPSA) is 140 Å². The molecule has 16 heteroatoms. The quantitative estimate of drug-likeness (QED) is 0.0391. The summed E-state index contributed by atoms with van der Waals surface area (Å²) < 4.78 is 86.7. The van der Waals surface area contributed by atoms with Crippen LogP contribution in [0.4, 0.5) is 0 Å². The molecule has 0 atom stereocenters. The minimum atomic E-state index is -3.73. The van der Waals surface area contributed by atoms with Gasteiger partial charge in [-0.15, -0.1) is 0 Å². The van der Waals surface area contributed by atoms with E-state index in [-0.39, 0.29) is 39.0 Å². The lowest BCUT2D eigenvalue weighted by Crippen LogP contribution is -2.20. The van der Waals surface area contributed by atoms with Crippen LogP contribution in [0.5, 0.6) is 0 Å². The van der Waals surface area contributed by atoms with Gasteiger partial charge in [0.25, 0.3) is 0 Å². The van der Waals surface area contributed by atoms with Gasteiger partial charge in [-0.1, -0.05) is 279 Å². The Balaban J connectivity index is 0.000000145. The van der Waals surface area contributed by atoms with Crippen molar-refractivity contribution in [3.63, 3.8) is 0 Å². The average molecular weight is 1570 g/mol. The van der Waals surface area contributed by atoms with E-state index < -0.39 is 43.1 Å². The summed E-state index contributed by atoms with van der Waals surface area (Å²) in [6.07, 6.45) is 7.61. The normalized spacial score (nSPS) is 12.4. The Morgan fingerprint density at radius 3 is 0.902 bits per heavy atom. The third-order valence-electron chi connectivity index (χ3n) is 19.2. The first-order valence-electron chi connectivity index (χ1n) is 37.3. The Morgan fingerprint density at radius 2 is 0.607 bits per heavy atom. The molecular formula is C96H83N2O9P3S2. The summed E-state index contributed by atoms with van der Waals surface area (Å²) in [4.78, 5) is 11.8. The molecule has 17 rings (SSSR count). The number of sulfone groups is 2. The molecule has 11 nitrogen and oxygen atoms in total. The summed E-state index contributed by atoms with van der Waals surface area (Å²) in [5, 5.41) is 12.5. The van der Waals surface area contributed by atoms with Gasteiger partial charge in [-0.25, -0.2) is 16.8 Å². The maximum Gasteiger partial charge on any atom is 0.335 e. The monoisotopic (exact) mass is 1560 g/mol. The minimum absolute atomic E-state index is 0.0858. The highest BCUT2D eigenvalue weighted by Crippen LogP contribution is 2.51. The molecule has 0 unspecified atom stereocenters. The van der Waals surface area contributed by atoms with Gasteiger partial charge in [-0.2, -0.15) is 0 Å². The number of benzene rings is 14. The van der Waals surface area contributed by atoms with Gasteiger partial charge >= 0.3 is 7.60 Å². The van der Waals surface area contributed by atoms with E-state index in [0.717, 1.165) is 80.4 Å².